The first-order valence-electron chi connectivity index (χ1n) is 6.02. The van der Waals surface area contributed by atoms with E-state index in [4.69, 9.17) is 9.84 Å². The van der Waals surface area contributed by atoms with E-state index in [1.165, 1.54) is 0 Å². The number of Topliss-reactive ketones (excluding diaryl/α,β-unsaturated/α-hetero) is 1. The van der Waals surface area contributed by atoms with Gasteiger partial charge in [0.25, 0.3) is 0 Å². The Morgan fingerprint density at radius 2 is 2.22 bits per heavy atom. The Morgan fingerprint density at radius 3 is 2.89 bits per heavy atom. The summed E-state index contributed by atoms with van der Waals surface area (Å²) in [5.41, 5.74) is 1.73. The second kappa shape index (κ2) is 5.21. The van der Waals surface area contributed by atoms with E-state index in [2.05, 4.69) is 0 Å². The molecule has 1 aromatic rings. The smallest absolute Gasteiger partial charge is 0.303 e. The summed E-state index contributed by atoms with van der Waals surface area (Å²) in [6.45, 7) is 0. The predicted octanol–water partition coefficient (Wildman–Crippen LogP) is 2.31. The first-order chi connectivity index (χ1) is 8.60. The molecule has 1 atom stereocenters. The van der Waals surface area contributed by atoms with Crippen LogP contribution in [-0.2, 0) is 11.2 Å². The molecule has 2 rings (SSSR count). The lowest BCUT2D eigenvalue weighted by molar-refractivity contribution is -0.137. The molecular weight excluding hydrogens is 232 g/mol. The minimum atomic E-state index is -0.803. The van der Waals surface area contributed by atoms with Crippen LogP contribution in [0.25, 0.3) is 0 Å². The van der Waals surface area contributed by atoms with Gasteiger partial charge in [0, 0.05) is 18.4 Å². The highest BCUT2D eigenvalue weighted by molar-refractivity contribution is 5.99. The minimum Gasteiger partial charge on any atom is -0.497 e. The third-order valence-corrected chi connectivity index (χ3v) is 3.37. The molecule has 0 spiro atoms. The highest BCUT2D eigenvalue weighted by Crippen LogP contribution is 2.30. The summed E-state index contributed by atoms with van der Waals surface area (Å²) in [6.07, 6.45) is 1.90. The second-order valence-electron chi connectivity index (χ2n) is 4.65. The number of carboxylic acids is 1. The maximum absolute atomic E-state index is 12.0. The highest BCUT2D eigenvalue weighted by Gasteiger charge is 2.25. The first kappa shape index (κ1) is 12.6. The molecule has 0 saturated heterocycles. The van der Waals surface area contributed by atoms with Gasteiger partial charge in [-0.25, -0.2) is 0 Å². The second-order valence-corrected chi connectivity index (χ2v) is 4.65. The monoisotopic (exact) mass is 248 g/mol. The van der Waals surface area contributed by atoms with Crippen LogP contribution in [0.2, 0.25) is 0 Å². The highest BCUT2D eigenvalue weighted by atomic mass is 16.5. The molecule has 0 heterocycles. The molecule has 0 saturated carbocycles. The zero-order valence-electron chi connectivity index (χ0n) is 10.3. The van der Waals surface area contributed by atoms with Crippen LogP contribution in [0.3, 0.4) is 0 Å². The minimum absolute atomic E-state index is 0.0885. The summed E-state index contributed by atoms with van der Waals surface area (Å²) < 4.78 is 5.10. The van der Waals surface area contributed by atoms with E-state index < -0.39 is 5.97 Å². The van der Waals surface area contributed by atoms with Gasteiger partial charge in [0.05, 0.1) is 7.11 Å². The molecule has 0 amide bonds. The third-order valence-electron chi connectivity index (χ3n) is 3.37. The van der Waals surface area contributed by atoms with Crippen molar-refractivity contribution in [3.05, 3.63) is 29.3 Å². The van der Waals surface area contributed by atoms with Crippen molar-refractivity contribution in [2.45, 2.75) is 25.7 Å². The van der Waals surface area contributed by atoms with E-state index >= 15 is 0 Å². The van der Waals surface area contributed by atoms with Gasteiger partial charge >= 0.3 is 5.97 Å². The van der Waals surface area contributed by atoms with Crippen molar-refractivity contribution in [2.75, 3.05) is 7.11 Å². The van der Waals surface area contributed by atoms with Gasteiger partial charge in [0.15, 0.2) is 5.78 Å². The fourth-order valence-corrected chi connectivity index (χ4v) is 2.41. The van der Waals surface area contributed by atoms with Crippen LogP contribution >= 0.6 is 0 Å². The Balaban J connectivity index is 2.14. The van der Waals surface area contributed by atoms with Crippen molar-refractivity contribution in [1.29, 1.82) is 0 Å². The zero-order chi connectivity index (χ0) is 13.1. The van der Waals surface area contributed by atoms with E-state index in [-0.39, 0.29) is 18.1 Å². The van der Waals surface area contributed by atoms with Crippen molar-refractivity contribution < 1.29 is 19.4 Å². The summed E-state index contributed by atoms with van der Waals surface area (Å²) >= 11 is 0. The summed E-state index contributed by atoms with van der Waals surface area (Å²) in [6, 6.07) is 5.51. The molecule has 1 aliphatic rings. The third kappa shape index (κ3) is 2.70. The molecule has 0 bridgehead atoms. The molecule has 0 fully saturated rings. The van der Waals surface area contributed by atoms with E-state index in [1.807, 2.05) is 12.1 Å². The number of fused-ring (bicyclic) bond motifs is 1. The summed E-state index contributed by atoms with van der Waals surface area (Å²) in [5.74, 6) is 0.120. The Morgan fingerprint density at radius 1 is 1.44 bits per heavy atom. The van der Waals surface area contributed by atoms with Gasteiger partial charge in [-0.1, -0.05) is 6.07 Å². The van der Waals surface area contributed by atoms with Crippen LogP contribution in [0.5, 0.6) is 5.75 Å². The van der Waals surface area contributed by atoms with Crippen molar-refractivity contribution in [1.82, 2.24) is 0 Å². The number of ether oxygens (including phenoxy) is 1. The Hall–Kier alpha value is -1.84. The zero-order valence-corrected chi connectivity index (χ0v) is 10.3. The lowest BCUT2D eigenvalue weighted by Gasteiger charge is -2.23. The fraction of sp³-hybridized carbons (Fsp3) is 0.429. The van der Waals surface area contributed by atoms with Crippen LogP contribution in [0.4, 0.5) is 0 Å². The van der Waals surface area contributed by atoms with Crippen LogP contribution < -0.4 is 4.74 Å². The van der Waals surface area contributed by atoms with Crippen molar-refractivity contribution in [3.8, 4) is 5.75 Å². The van der Waals surface area contributed by atoms with Crippen molar-refractivity contribution in [3.63, 3.8) is 0 Å². The van der Waals surface area contributed by atoms with Crippen LogP contribution in [-0.4, -0.2) is 24.0 Å². The molecule has 4 nitrogen and oxygen atoms in total. The molecular formula is C14H16O4. The van der Waals surface area contributed by atoms with Gasteiger partial charge < -0.3 is 9.84 Å². The van der Waals surface area contributed by atoms with Gasteiger partial charge in [-0.15, -0.1) is 0 Å². The number of carbonyl (C=O) groups excluding carboxylic acids is 1. The summed E-state index contributed by atoms with van der Waals surface area (Å²) in [7, 11) is 1.57. The molecule has 1 N–H and O–H groups in total. The van der Waals surface area contributed by atoms with Gasteiger partial charge in [-0.3, -0.25) is 9.59 Å². The number of methoxy groups -OCH3 is 1. The molecule has 1 aliphatic carbocycles. The molecule has 1 aromatic carbocycles. The SMILES string of the molecule is COc1ccc2c(c1)C(=O)C[C@H](CCC(=O)O)C2. The molecule has 96 valence electrons. The quantitative estimate of drug-likeness (QED) is 0.888. The van der Waals surface area contributed by atoms with Gasteiger partial charge in [-0.2, -0.15) is 0 Å². The van der Waals surface area contributed by atoms with Crippen molar-refractivity contribution >= 4 is 11.8 Å². The Bertz CT molecular complexity index is 479. The number of aliphatic carboxylic acids is 1. The summed E-state index contributed by atoms with van der Waals surface area (Å²) in [4.78, 5) is 22.6. The number of rotatable bonds is 4. The van der Waals surface area contributed by atoms with Crippen LogP contribution in [0.1, 0.15) is 35.2 Å². The van der Waals surface area contributed by atoms with Crippen LogP contribution in [0, 0.1) is 5.92 Å². The van der Waals surface area contributed by atoms with Gasteiger partial charge in [-0.05, 0) is 36.5 Å². The Labute approximate surface area is 106 Å². The Kier molecular flexibility index (Phi) is 3.65. The van der Waals surface area contributed by atoms with Crippen molar-refractivity contribution in [2.24, 2.45) is 5.92 Å². The number of carboxylic acid groups (broad SMARTS) is 1. The van der Waals surface area contributed by atoms with E-state index in [1.54, 1.807) is 13.2 Å². The number of hydrogen-bond donors (Lipinski definition) is 1. The maximum atomic E-state index is 12.0. The number of hydrogen-bond acceptors (Lipinski definition) is 3. The lowest BCUT2D eigenvalue weighted by atomic mass is 9.81. The molecule has 0 aromatic heterocycles. The number of ketones is 1. The molecule has 4 heteroatoms. The van der Waals surface area contributed by atoms with Gasteiger partial charge in [0.2, 0.25) is 0 Å². The maximum Gasteiger partial charge on any atom is 0.303 e. The van der Waals surface area contributed by atoms with E-state index in [0.717, 1.165) is 17.5 Å². The molecule has 0 radical (unpaired) electrons. The topological polar surface area (TPSA) is 63.6 Å². The fourth-order valence-electron chi connectivity index (χ4n) is 2.41. The van der Waals surface area contributed by atoms with E-state index in [9.17, 15) is 9.59 Å². The van der Waals surface area contributed by atoms with Crippen LogP contribution in [0.15, 0.2) is 18.2 Å². The predicted molar refractivity (Wildman–Crippen MR) is 66.0 cm³/mol. The standard InChI is InChI=1S/C14H16O4/c1-18-11-4-3-10-6-9(2-5-14(16)17)7-13(15)12(10)8-11/h3-4,8-9H,2,5-7H2,1H3,(H,16,17)/t9-/m1/s1. The summed E-state index contributed by atoms with van der Waals surface area (Å²) in [5, 5.41) is 8.67. The first-order valence-corrected chi connectivity index (χ1v) is 6.02. The normalized spacial score (nSPS) is 18.3. The largest absolute Gasteiger partial charge is 0.497 e. The lowest BCUT2D eigenvalue weighted by Crippen LogP contribution is -2.20. The van der Waals surface area contributed by atoms with E-state index in [0.29, 0.717) is 18.6 Å². The van der Waals surface area contributed by atoms with Gasteiger partial charge in [0.1, 0.15) is 5.75 Å². The average Bonchev–Trinajstić information content (AvgIpc) is 2.36. The number of benzene rings is 1. The number of carbonyl (C=O) groups is 2. The molecule has 0 aliphatic heterocycles. The molecule has 0 unspecified atom stereocenters. The molecule has 18 heavy (non-hydrogen) atoms. The average molecular weight is 248 g/mol.